The number of aromatic nitrogens is 1. The molecule has 0 radical (unpaired) electrons. The molecule has 32 heavy (non-hydrogen) atoms. The molecule has 0 spiro atoms. The van der Waals surface area contributed by atoms with E-state index in [-0.39, 0.29) is 23.8 Å². The summed E-state index contributed by atoms with van der Waals surface area (Å²) in [6.45, 7) is 3.68. The van der Waals surface area contributed by atoms with Gasteiger partial charge >= 0.3 is 6.18 Å². The van der Waals surface area contributed by atoms with Crippen molar-refractivity contribution in [3.05, 3.63) is 83.4 Å². The van der Waals surface area contributed by atoms with Gasteiger partial charge in [-0.05, 0) is 62.8 Å². The molecule has 0 amide bonds. The van der Waals surface area contributed by atoms with Gasteiger partial charge in [0, 0.05) is 23.5 Å². The van der Waals surface area contributed by atoms with Crippen molar-refractivity contribution in [1.82, 2.24) is 4.98 Å². The van der Waals surface area contributed by atoms with Crippen LogP contribution >= 0.6 is 0 Å². The van der Waals surface area contributed by atoms with Crippen LogP contribution in [0.4, 0.5) is 18.9 Å². The Kier molecular flexibility index (Phi) is 6.73. The lowest BCUT2D eigenvalue weighted by molar-refractivity contribution is -0.137. The average Bonchev–Trinajstić information content (AvgIpc) is 2.73. The zero-order valence-electron chi connectivity index (χ0n) is 17.3. The van der Waals surface area contributed by atoms with Gasteiger partial charge in [0.25, 0.3) is 0 Å². The number of ketones is 1. The zero-order chi connectivity index (χ0) is 23.5. The molecule has 0 saturated carbocycles. The third kappa shape index (κ3) is 5.56. The molecule has 1 aliphatic rings. The molecule has 1 heterocycles. The lowest BCUT2D eigenvalue weighted by Gasteiger charge is -2.21. The van der Waals surface area contributed by atoms with Crippen LogP contribution in [0.2, 0.25) is 0 Å². The Bertz CT molecular complexity index is 1160. The van der Waals surface area contributed by atoms with E-state index in [0.29, 0.717) is 11.8 Å². The first-order valence-corrected chi connectivity index (χ1v) is 11.2. The van der Waals surface area contributed by atoms with Crippen molar-refractivity contribution in [3.8, 4) is 0 Å². The maximum atomic E-state index is 13.2. The van der Waals surface area contributed by atoms with Crippen LogP contribution in [0.5, 0.6) is 0 Å². The lowest BCUT2D eigenvalue weighted by Crippen LogP contribution is -2.28. The molecule has 0 saturated heterocycles. The number of hydrogen-bond donors (Lipinski definition) is 1. The molecule has 1 unspecified atom stereocenters. The van der Waals surface area contributed by atoms with Crippen molar-refractivity contribution in [2.45, 2.75) is 37.8 Å². The summed E-state index contributed by atoms with van der Waals surface area (Å²) in [5, 5.41) is -0.979. The molecule has 2 aromatic rings. The Hall–Kier alpha value is -3.14. The molecule has 10 heteroatoms. The maximum absolute atomic E-state index is 13.2. The second-order valence-corrected chi connectivity index (χ2v) is 9.28. The Balaban J connectivity index is 1.93. The van der Waals surface area contributed by atoms with E-state index in [1.807, 2.05) is 13.8 Å². The highest BCUT2D eigenvalue weighted by Crippen LogP contribution is 2.33. The van der Waals surface area contributed by atoms with E-state index in [1.54, 1.807) is 6.08 Å². The molecular formula is C22H21F3N2O4S. The van der Waals surface area contributed by atoms with Gasteiger partial charge in [0.1, 0.15) is 11.0 Å². The van der Waals surface area contributed by atoms with E-state index >= 15 is 0 Å². The first-order chi connectivity index (χ1) is 15.0. The second kappa shape index (κ2) is 9.15. The van der Waals surface area contributed by atoms with Crippen LogP contribution in [0.15, 0.2) is 66.7 Å². The lowest BCUT2D eigenvalue weighted by atomic mass is 10.00. The molecular weight excluding hydrogens is 445 g/mol. The highest BCUT2D eigenvalue weighted by Gasteiger charge is 2.33. The summed E-state index contributed by atoms with van der Waals surface area (Å²) < 4.78 is 73.3. The van der Waals surface area contributed by atoms with Crippen molar-refractivity contribution >= 4 is 21.5 Å². The Morgan fingerprint density at radius 3 is 2.44 bits per heavy atom. The van der Waals surface area contributed by atoms with Crippen LogP contribution in [0.1, 0.15) is 41.8 Å². The number of rotatable bonds is 7. The predicted octanol–water partition coefficient (Wildman–Crippen LogP) is 4.71. The van der Waals surface area contributed by atoms with Crippen LogP contribution in [0.25, 0.3) is 0 Å². The fourth-order valence-electron chi connectivity index (χ4n) is 3.06. The molecule has 1 aromatic carbocycles. The monoisotopic (exact) mass is 466 g/mol. The summed E-state index contributed by atoms with van der Waals surface area (Å²) in [6.07, 6.45) is 2.57. The number of allylic oxidation sites excluding steroid dienone is 2. The third-order valence-corrected chi connectivity index (χ3v) is 6.23. The van der Waals surface area contributed by atoms with Gasteiger partial charge in [-0.25, -0.2) is 8.42 Å². The maximum Gasteiger partial charge on any atom is 0.416 e. The van der Waals surface area contributed by atoms with E-state index in [4.69, 9.17) is 4.74 Å². The largest absolute Gasteiger partial charge is 0.491 e. The van der Waals surface area contributed by atoms with Crippen molar-refractivity contribution in [2.24, 2.45) is 0 Å². The normalized spacial score (nSPS) is 16.6. The molecule has 1 aromatic heterocycles. The van der Waals surface area contributed by atoms with Gasteiger partial charge in [-0.15, -0.1) is 0 Å². The molecule has 6 nitrogen and oxygen atoms in total. The average molecular weight is 466 g/mol. The van der Waals surface area contributed by atoms with E-state index in [1.165, 1.54) is 36.7 Å². The van der Waals surface area contributed by atoms with Gasteiger partial charge in [0.2, 0.25) is 10.0 Å². The van der Waals surface area contributed by atoms with Crippen LogP contribution in [0.3, 0.4) is 0 Å². The minimum Gasteiger partial charge on any atom is -0.491 e. The minimum atomic E-state index is -4.70. The number of benzene rings is 1. The fourth-order valence-corrected chi connectivity index (χ4v) is 4.33. The van der Waals surface area contributed by atoms with Crippen LogP contribution in [-0.2, 0) is 20.9 Å². The molecule has 170 valence electrons. The molecule has 0 bridgehead atoms. The second-order valence-electron chi connectivity index (χ2n) is 7.38. The van der Waals surface area contributed by atoms with Crippen molar-refractivity contribution in [1.29, 1.82) is 0 Å². The van der Waals surface area contributed by atoms with E-state index < -0.39 is 38.4 Å². The Morgan fingerprint density at radius 2 is 1.88 bits per heavy atom. The molecule has 1 atom stereocenters. The number of pyridine rings is 1. The molecule has 3 rings (SSSR count). The van der Waals surface area contributed by atoms with Gasteiger partial charge in [0.15, 0.2) is 5.78 Å². The highest BCUT2D eigenvalue weighted by molar-refractivity contribution is 7.93. The standard InChI is InChI=1S/C22H21F3N2O4S/c1-14(2)31-17-4-6-18(7-5-17)32(29,30)27-20-8-3-16(22(23,24)25)13-19(20)21(28)15-9-11-26-12-10-15/h3-6,8-14,18,27H,7H2,1-2H3. The van der Waals surface area contributed by atoms with Crippen molar-refractivity contribution < 1.29 is 31.1 Å². The summed E-state index contributed by atoms with van der Waals surface area (Å²) in [5.74, 6) is -0.225. The minimum absolute atomic E-state index is 0.0777. The van der Waals surface area contributed by atoms with Gasteiger partial charge in [0.05, 0.1) is 17.4 Å². The fraction of sp³-hybridized carbons (Fsp3) is 0.273. The number of hydrogen-bond acceptors (Lipinski definition) is 5. The SMILES string of the molecule is CC(C)OC1=CCC(S(=O)(=O)Nc2ccc(C(F)(F)F)cc2C(=O)c2ccncc2)C=C1. The summed E-state index contributed by atoms with van der Waals surface area (Å²) in [6, 6.07) is 5.00. The molecule has 1 aliphatic carbocycles. The molecule has 0 fully saturated rings. The Morgan fingerprint density at radius 1 is 1.19 bits per heavy atom. The number of sulfonamides is 1. The van der Waals surface area contributed by atoms with E-state index in [9.17, 15) is 26.4 Å². The quantitative estimate of drug-likeness (QED) is 0.598. The number of nitrogens with zero attached hydrogens (tertiary/aromatic N) is 1. The van der Waals surface area contributed by atoms with Gasteiger partial charge in [-0.3, -0.25) is 14.5 Å². The number of anilines is 1. The van der Waals surface area contributed by atoms with Crippen molar-refractivity contribution in [2.75, 3.05) is 4.72 Å². The number of alkyl halides is 3. The van der Waals surface area contributed by atoms with E-state index in [2.05, 4.69) is 9.71 Å². The van der Waals surface area contributed by atoms with Gasteiger partial charge < -0.3 is 4.74 Å². The number of halogens is 3. The number of nitrogens with one attached hydrogen (secondary N) is 1. The summed E-state index contributed by atoms with van der Waals surface area (Å²) in [4.78, 5) is 16.7. The summed E-state index contributed by atoms with van der Waals surface area (Å²) in [7, 11) is -4.06. The smallest absolute Gasteiger partial charge is 0.416 e. The number of carbonyl (C=O) groups excluding carboxylic acids is 1. The number of ether oxygens (including phenoxy) is 1. The van der Waals surface area contributed by atoms with Crippen LogP contribution in [-0.4, -0.2) is 30.5 Å². The molecule has 0 aliphatic heterocycles. The van der Waals surface area contributed by atoms with Gasteiger partial charge in [-0.1, -0.05) is 6.08 Å². The van der Waals surface area contributed by atoms with Crippen LogP contribution < -0.4 is 4.72 Å². The third-order valence-electron chi connectivity index (χ3n) is 4.58. The topological polar surface area (TPSA) is 85.4 Å². The van der Waals surface area contributed by atoms with Crippen LogP contribution in [0, 0.1) is 0 Å². The zero-order valence-corrected chi connectivity index (χ0v) is 18.1. The Labute approximate surface area is 183 Å². The first-order valence-electron chi connectivity index (χ1n) is 9.70. The summed E-state index contributed by atoms with van der Waals surface area (Å²) in [5.41, 5.74) is -1.63. The summed E-state index contributed by atoms with van der Waals surface area (Å²) >= 11 is 0. The number of carbonyl (C=O) groups is 1. The molecule has 1 N–H and O–H groups in total. The first kappa shape index (κ1) is 23.5. The predicted molar refractivity (Wildman–Crippen MR) is 114 cm³/mol. The van der Waals surface area contributed by atoms with E-state index in [0.717, 1.165) is 12.1 Å². The highest BCUT2D eigenvalue weighted by atomic mass is 32.2. The van der Waals surface area contributed by atoms with Crippen molar-refractivity contribution in [3.63, 3.8) is 0 Å². The van der Waals surface area contributed by atoms with Gasteiger partial charge in [-0.2, -0.15) is 13.2 Å².